The van der Waals surface area contributed by atoms with Crippen molar-refractivity contribution < 1.29 is 9.21 Å². The highest BCUT2D eigenvalue weighted by molar-refractivity contribution is 7.99. The standard InChI is InChI=1S/C15H17N3O2S/c1-2-21-15-17-16-14(20-15)12-8-9-13(19)18(12)10-11-6-4-3-5-7-11/h3-7,12H,2,8-10H2,1H3/t12-/m0/s1. The van der Waals surface area contributed by atoms with E-state index in [1.54, 1.807) is 0 Å². The van der Waals surface area contributed by atoms with Crippen LogP contribution >= 0.6 is 11.8 Å². The fourth-order valence-electron chi connectivity index (χ4n) is 2.51. The number of hydrogen-bond acceptors (Lipinski definition) is 5. The van der Waals surface area contributed by atoms with Gasteiger partial charge in [0.1, 0.15) is 6.04 Å². The summed E-state index contributed by atoms with van der Waals surface area (Å²) in [5.74, 6) is 1.58. The molecule has 0 radical (unpaired) electrons. The van der Waals surface area contributed by atoms with Crippen molar-refractivity contribution >= 4 is 17.7 Å². The van der Waals surface area contributed by atoms with Gasteiger partial charge in [-0.3, -0.25) is 4.79 Å². The zero-order valence-electron chi connectivity index (χ0n) is 11.9. The first-order chi connectivity index (χ1) is 10.3. The lowest BCUT2D eigenvalue weighted by Crippen LogP contribution is -2.27. The molecule has 0 aliphatic carbocycles. The molecule has 1 aliphatic heterocycles. The summed E-state index contributed by atoms with van der Waals surface area (Å²) in [6, 6.07) is 9.88. The van der Waals surface area contributed by atoms with Crippen molar-refractivity contribution in [3.05, 3.63) is 41.8 Å². The molecule has 3 rings (SSSR count). The maximum absolute atomic E-state index is 12.1. The van der Waals surface area contributed by atoms with E-state index in [4.69, 9.17) is 4.42 Å². The van der Waals surface area contributed by atoms with Crippen LogP contribution in [0.4, 0.5) is 0 Å². The van der Waals surface area contributed by atoms with Gasteiger partial charge in [0.25, 0.3) is 5.22 Å². The fraction of sp³-hybridized carbons (Fsp3) is 0.400. The third-order valence-electron chi connectivity index (χ3n) is 3.50. The van der Waals surface area contributed by atoms with Crippen LogP contribution in [0, 0.1) is 0 Å². The molecule has 0 N–H and O–H groups in total. The van der Waals surface area contributed by atoms with E-state index >= 15 is 0 Å². The first kappa shape index (κ1) is 14.1. The molecule has 5 nitrogen and oxygen atoms in total. The Morgan fingerprint density at radius 3 is 2.90 bits per heavy atom. The van der Waals surface area contributed by atoms with Gasteiger partial charge < -0.3 is 9.32 Å². The van der Waals surface area contributed by atoms with Crippen LogP contribution in [-0.4, -0.2) is 26.8 Å². The Kier molecular flexibility index (Phi) is 4.24. The van der Waals surface area contributed by atoms with Gasteiger partial charge in [-0.1, -0.05) is 49.0 Å². The third-order valence-corrected chi connectivity index (χ3v) is 4.20. The summed E-state index contributed by atoms with van der Waals surface area (Å²) in [6.45, 7) is 2.62. The number of thioether (sulfide) groups is 1. The van der Waals surface area contributed by atoms with Crippen molar-refractivity contribution in [2.24, 2.45) is 0 Å². The number of benzene rings is 1. The molecule has 1 aromatic carbocycles. The Bertz CT molecular complexity index is 614. The van der Waals surface area contributed by atoms with E-state index in [9.17, 15) is 4.79 Å². The molecular weight excluding hydrogens is 286 g/mol. The number of hydrogen-bond donors (Lipinski definition) is 0. The van der Waals surface area contributed by atoms with E-state index in [1.165, 1.54) is 11.8 Å². The largest absolute Gasteiger partial charge is 0.414 e. The first-order valence-corrected chi connectivity index (χ1v) is 8.06. The van der Waals surface area contributed by atoms with E-state index in [2.05, 4.69) is 10.2 Å². The number of aromatic nitrogens is 2. The fourth-order valence-corrected chi connectivity index (χ4v) is 3.00. The predicted molar refractivity (Wildman–Crippen MR) is 79.7 cm³/mol. The molecule has 0 spiro atoms. The molecule has 0 unspecified atom stereocenters. The summed E-state index contributed by atoms with van der Waals surface area (Å²) in [7, 11) is 0. The zero-order valence-corrected chi connectivity index (χ0v) is 12.7. The molecule has 1 aromatic heterocycles. The molecule has 0 bridgehead atoms. The smallest absolute Gasteiger partial charge is 0.276 e. The van der Waals surface area contributed by atoms with Crippen LogP contribution in [0.5, 0.6) is 0 Å². The molecule has 2 aromatic rings. The third kappa shape index (κ3) is 3.10. The van der Waals surface area contributed by atoms with Gasteiger partial charge in [-0.25, -0.2) is 0 Å². The van der Waals surface area contributed by atoms with Gasteiger partial charge in [-0.05, 0) is 17.7 Å². The minimum Gasteiger partial charge on any atom is -0.414 e. The van der Waals surface area contributed by atoms with E-state index in [1.807, 2.05) is 42.2 Å². The highest BCUT2D eigenvalue weighted by Crippen LogP contribution is 2.34. The molecule has 110 valence electrons. The molecule has 1 amide bonds. The van der Waals surface area contributed by atoms with Crippen LogP contribution in [0.3, 0.4) is 0 Å². The number of carbonyl (C=O) groups excluding carboxylic acids is 1. The van der Waals surface area contributed by atoms with Crippen LogP contribution in [0.1, 0.15) is 37.3 Å². The van der Waals surface area contributed by atoms with Gasteiger partial charge >= 0.3 is 0 Å². The van der Waals surface area contributed by atoms with E-state index in [-0.39, 0.29) is 11.9 Å². The summed E-state index contributed by atoms with van der Waals surface area (Å²) in [5.41, 5.74) is 1.11. The van der Waals surface area contributed by atoms with Gasteiger partial charge in [-0.15, -0.1) is 10.2 Å². The number of likely N-dealkylation sites (tertiary alicyclic amines) is 1. The van der Waals surface area contributed by atoms with Crippen LogP contribution in [0.25, 0.3) is 0 Å². The summed E-state index contributed by atoms with van der Waals surface area (Å²) in [6.07, 6.45) is 1.28. The summed E-state index contributed by atoms with van der Waals surface area (Å²) in [4.78, 5) is 14.0. The Hall–Kier alpha value is -1.82. The summed E-state index contributed by atoms with van der Waals surface area (Å²) < 4.78 is 5.67. The van der Waals surface area contributed by atoms with Crippen molar-refractivity contribution in [3.63, 3.8) is 0 Å². The first-order valence-electron chi connectivity index (χ1n) is 7.07. The van der Waals surface area contributed by atoms with Gasteiger partial charge in [0.05, 0.1) is 0 Å². The lowest BCUT2D eigenvalue weighted by molar-refractivity contribution is -0.129. The minimum absolute atomic E-state index is 0.101. The monoisotopic (exact) mass is 303 g/mol. The maximum Gasteiger partial charge on any atom is 0.276 e. The second-order valence-electron chi connectivity index (χ2n) is 4.90. The molecule has 1 atom stereocenters. The van der Waals surface area contributed by atoms with Crippen molar-refractivity contribution in [3.8, 4) is 0 Å². The molecule has 21 heavy (non-hydrogen) atoms. The van der Waals surface area contributed by atoms with E-state index in [0.29, 0.717) is 24.1 Å². The average Bonchev–Trinajstić information content (AvgIpc) is 3.09. The van der Waals surface area contributed by atoms with Crippen LogP contribution in [0.2, 0.25) is 0 Å². The predicted octanol–water partition coefficient (Wildman–Crippen LogP) is 3.05. The zero-order chi connectivity index (χ0) is 14.7. The topological polar surface area (TPSA) is 59.2 Å². The molecule has 0 saturated carbocycles. The molecule has 1 aliphatic rings. The van der Waals surface area contributed by atoms with Gasteiger partial charge in [0.2, 0.25) is 11.8 Å². The number of amides is 1. The molecule has 1 saturated heterocycles. The van der Waals surface area contributed by atoms with Crippen LogP contribution in [-0.2, 0) is 11.3 Å². The SMILES string of the molecule is CCSc1nnc([C@@H]2CCC(=O)N2Cc2ccccc2)o1. The average molecular weight is 303 g/mol. The highest BCUT2D eigenvalue weighted by Gasteiger charge is 2.35. The Labute approximate surface area is 127 Å². The van der Waals surface area contributed by atoms with E-state index in [0.717, 1.165) is 17.7 Å². The van der Waals surface area contributed by atoms with Crippen molar-refractivity contribution in [2.45, 2.75) is 37.6 Å². The van der Waals surface area contributed by atoms with Gasteiger partial charge in [0, 0.05) is 13.0 Å². The maximum atomic E-state index is 12.1. The number of rotatable bonds is 5. The molecule has 6 heteroatoms. The Morgan fingerprint density at radius 1 is 1.33 bits per heavy atom. The van der Waals surface area contributed by atoms with Crippen LogP contribution in [0.15, 0.2) is 40.0 Å². The van der Waals surface area contributed by atoms with Crippen LogP contribution < -0.4 is 0 Å². The van der Waals surface area contributed by atoms with E-state index < -0.39 is 0 Å². The summed E-state index contributed by atoms with van der Waals surface area (Å²) >= 11 is 1.52. The van der Waals surface area contributed by atoms with Gasteiger partial charge in [-0.2, -0.15) is 0 Å². The number of nitrogens with zero attached hydrogens (tertiary/aromatic N) is 3. The number of carbonyl (C=O) groups is 1. The normalized spacial score (nSPS) is 18.4. The second-order valence-corrected chi connectivity index (χ2v) is 6.12. The summed E-state index contributed by atoms with van der Waals surface area (Å²) in [5, 5.41) is 8.71. The van der Waals surface area contributed by atoms with Crippen molar-refractivity contribution in [1.82, 2.24) is 15.1 Å². The minimum atomic E-state index is -0.101. The lowest BCUT2D eigenvalue weighted by atomic mass is 10.2. The second kappa shape index (κ2) is 6.30. The highest BCUT2D eigenvalue weighted by atomic mass is 32.2. The Morgan fingerprint density at radius 2 is 2.14 bits per heavy atom. The lowest BCUT2D eigenvalue weighted by Gasteiger charge is -2.22. The Balaban J connectivity index is 1.78. The molecule has 1 fully saturated rings. The van der Waals surface area contributed by atoms with Crippen molar-refractivity contribution in [2.75, 3.05) is 5.75 Å². The quantitative estimate of drug-likeness (QED) is 0.795. The molecule has 2 heterocycles. The van der Waals surface area contributed by atoms with Crippen molar-refractivity contribution in [1.29, 1.82) is 0 Å². The van der Waals surface area contributed by atoms with Gasteiger partial charge in [0.15, 0.2) is 0 Å². The molecular formula is C15H17N3O2S.